The molecule has 0 amide bonds. The monoisotopic (exact) mass is 393 g/mol. The summed E-state index contributed by atoms with van der Waals surface area (Å²) >= 11 is 0. The molecule has 146 valence electrons. The van der Waals surface area contributed by atoms with Crippen LogP contribution >= 0.6 is 0 Å². The molecule has 0 spiro atoms. The number of carbonyl (C=O) groups excluding carboxylic acids is 2. The number of nitrogens with zero attached hydrogens (tertiary/aromatic N) is 1. The first-order chi connectivity index (χ1) is 13.8. The molecule has 0 N–H and O–H groups in total. The molecule has 3 rings (SSSR count). The largest absolute Gasteiger partial charge is 0.485 e. The number of nitro benzene ring substituents is 1. The average molecular weight is 393 g/mol. The minimum atomic E-state index is -0.538. The van der Waals surface area contributed by atoms with Crippen molar-refractivity contribution in [2.75, 3.05) is 6.61 Å². The highest BCUT2D eigenvalue weighted by Gasteiger charge is 2.15. The Kier molecular flexibility index (Phi) is 5.78. The molecular formula is C22H16FNO5. The van der Waals surface area contributed by atoms with Crippen molar-refractivity contribution in [3.8, 4) is 5.75 Å². The molecule has 3 aromatic carbocycles. The van der Waals surface area contributed by atoms with E-state index in [1.807, 2.05) is 0 Å². The second kappa shape index (κ2) is 8.43. The summed E-state index contributed by atoms with van der Waals surface area (Å²) in [5.41, 5.74) is 1.28. The number of aryl methyl sites for hydroxylation is 1. The van der Waals surface area contributed by atoms with Gasteiger partial charge in [-0.2, -0.15) is 0 Å². The number of hydrogen-bond donors (Lipinski definition) is 0. The molecule has 0 atom stereocenters. The fraction of sp³-hybridized carbons (Fsp3) is 0.0909. The number of rotatable bonds is 7. The number of halogens is 1. The molecule has 0 aliphatic heterocycles. The van der Waals surface area contributed by atoms with E-state index >= 15 is 0 Å². The molecule has 7 heteroatoms. The number of nitro groups is 1. The van der Waals surface area contributed by atoms with E-state index in [2.05, 4.69) is 0 Å². The standard InChI is InChI=1S/C22H16FNO5/c1-14-2-3-17(12-20(14)24(27)28)21(25)13-29-19-10-6-16(7-11-19)22(26)15-4-8-18(23)9-5-15/h2-12H,13H2,1H3. The molecule has 0 heterocycles. The lowest BCUT2D eigenvalue weighted by Gasteiger charge is -2.07. The van der Waals surface area contributed by atoms with Gasteiger partial charge in [-0.1, -0.05) is 12.1 Å². The van der Waals surface area contributed by atoms with Gasteiger partial charge in [-0.15, -0.1) is 0 Å². The maximum Gasteiger partial charge on any atom is 0.273 e. The zero-order chi connectivity index (χ0) is 21.0. The Balaban J connectivity index is 1.65. The van der Waals surface area contributed by atoms with E-state index in [0.29, 0.717) is 22.4 Å². The van der Waals surface area contributed by atoms with E-state index in [4.69, 9.17) is 4.74 Å². The van der Waals surface area contributed by atoms with Gasteiger partial charge in [0.15, 0.2) is 18.2 Å². The van der Waals surface area contributed by atoms with E-state index in [1.54, 1.807) is 31.2 Å². The quantitative estimate of drug-likeness (QED) is 0.334. The van der Waals surface area contributed by atoms with E-state index in [0.717, 1.165) is 0 Å². The van der Waals surface area contributed by atoms with Gasteiger partial charge < -0.3 is 4.74 Å². The highest BCUT2D eigenvalue weighted by molar-refractivity contribution is 6.09. The lowest BCUT2D eigenvalue weighted by Crippen LogP contribution is -2.12. The van der Waals surface area contributed by atoms with Gasteiger partial charge in [-0.25, -0.2) is 4.39 Å². The van der Waals surface area contributed by atoms with Crippen molar-refractivity contribution in [3.63, 3.8) is 0 Å². The number of ketones is 2. The van der Waals surface area contributed by atoms with Crippen LogP contribution in [0.25, 0.3) is 0 Å². The Labute approximate surface area is 165 Å². The van der Waals surface area contributed by atoms with Crippen molar-refractivity contribution in [1.82, 2.24) is 0 Å². The third-order valence-corrected chi connectivity index (χ3v) is 4.32. The molecule has 0 bridgehead atoms. The third-order valence-electron chi connectivity index (χ3n) is 4.32. The molecule has 0 fully saturated rings. The van der Waals surface area contributed by atoms with Gasteiger partial charge in [0, 0.05) is 28.3 Å². The normalized spacial score (nSPS) is 10.4. The lowest BCUT2D eigenvalue weighted by atomic mass is 10.0. The zero-order valence-corrected chi connectivity index (χ0v) is 15.4. The summed E-state index contributed by atoms with van der Waals surface area (Å²) in [6, 6.07) is 15.7. The zero-order valence-electron chi connectivity index (χ0n) is 15.4. The van der Waals surface area contributed by atoms with Gasteiger partial charge in [-0.05, 0) is 55.5 Å². The SMILES string of the molecule is Cc1ccc(C(=O)COc2ccc(C(=O)c3ccc(F)cc3)cc2)cc1[N+](=O)[O-]. The first-order valence-electron chi connectivity index (χ1n) is 8.66. The van der Waals surface area contributed by atoms with Crippen LogP contribution in [0.3, 0.4) is 0 Å². The Morgan fingerprint density at radius 1 is 0.931 bits per heavy atom. The lowest BCUT2D eigenvalue weighted by molar-refractivity contribution is -0.385. The number of hydrogen-bond acceptors (Lipinski definition) is 5. The highest BCUT2D eigenvalue weighted by atomic mass is 19.1. The first-order valence-corrected chi connectivity index (χ1v) is 8.66. The number of carbonyl (C=O) groups is 2. The Morgan fingerprint density at radius 2 is 1.48 bits per heavy atom. The summed E-state index contributed by atoms with van der Waals surface area (Å²) in [5.74, 6) is -0.719. The van der Waals surface area contributed by atoms with Gasteiger partial charge in [0.05, 0.1) is 4.92 Å². The van der Waals surface area contributed by atoms with E-state index in [1.165, 1.54) is 42.5 Å². The van der Waals surface area contributed by atoms with Crippen LogP contribution in [0.1, 0.15) is 31.8 Å². The van der Waals surface area contributed by atoms with Gasteiger partial charge in [0.1, 0.15) is 11.6 Å². The second-order valence-corrected chi connectivity index (χ2v) is 6.33. The summed E-state index contributed by atoms with van der Waals surface area (Å²) in [4.78, 5) is 35.1. The molecule has 3 aromatic rings. The molecule has 0 saturated heterocycles. The van der Waals surface area contributed by atoms with Crippen LogP contribution in [0.5, 0.6) is 5.75 Å². The summed E-state index contributed by atoms with van der Waals surface area (Å²) in [7, 11) is 0. The van der Waals surface area contributed by atoms with E-state index in [-0.39, 0.29) is 23.6 Å². The summed E-state index contributed by atoms with van der Waals surface area (Å²) in [5, 5.41) is 11.0. The minimum Gasteiger partial charge on any atom is -0.485 e. The second-order valence-electron chi connectivity index (χ2n) is 6.33. The maximum atomic E-state index is 13.0. The van der Waals surface area contributed by atoms with Crippen LogP contribution in [-0.2, 0) is 0 Å². The predicted molar refractivity (Wildman–Crippen MR) is 104 cm³/mol. The molecule has 0 radical (unpaired) electrons. The molecule has 0 aliphatic carbocycles. The summed E-state index contributed by atoms with van der Waals surface area (Å²) in [6.07, 6.45) is 0. The van der Waals surface area contributed by atoms with Crippen LogP contribution < -0.4 is 4.74 Å². The Bertz CT molecular complexity index is 1080. The smallest absolute Gasteiger partial charge is 0.273 e. The molecule has 0 aliphatic rings. The molecule has 6 nitrogen and oxygen atoms in total. The Morgan fingerprint density at radius 3 is 2.07 bits per heavy atom. The van der Waals surface area contributed by atoms with Gasteiger partial charge in [0.2, 0.25) is 0 Å². The molecule has 0 saturated carbocycles. The predicted octanol–water partition coefficient (Wildman–Crippen LogP) is 4.54. The van der Waals surface area contributed by atoms with Crippen molar-refractivity contribution < 1.29 is 23.6 Å². The van der Waals surface area contributed by atoms with Crippen LogP contribution in [0, 0.1) is 22.9 Å². The van der Waals surface area contributed by atoms with Crippen LogP contribution in [-0.4, -0.2) is 23.1 Å². The van der Waals surface area contributed by atoms with Gasteiger partial charge >= 0.3 is 0 Å². The van der Waals surface area contributed by atoms with Crippen molar-refractivity contribution >= 4 is 17.3 Å². The molecule has 29 heavy (non-hydrogen) atoms. The number of ether oxygens (including phenoxy) is 1. The maximum absolute atomic E-state index is 13.0. The van der Waals surface area contributed by atoms with E-state index < -0.39 is 16.5 Å². The number of benzene rings is 3. The van der Waals surface area contributed by atoms with Crippen molar-refractivity contribution in [1.29, 1.82) is 0 Å². The topological polar surface area (TPSA) is 86.5 Å². The van der Waals surface area contributed by atoms with Crippen molar-refractivity contribution in [2.24, 2.45) is 0 Å². The van der Waals surface area contributed by atoms with Crippen molar-refractivity contribution in [2.45, 2.75) is 6.92 Å². The fourth-order valence-corrected chi connectivity index (χ4v) is 2.68. The average Bonchev–Trinajstić information content (AvgIpc) is 2.72. The first kappa shape index (κ1) is 19.9. The minimum absolute atomic E-state index is 0.125. The van der Waals surface area contributed by atoms with Crippen LogP contribution in [0.15, 0.2) is 66.7 Å². The fourth-order valence-electron chi connectivity index (χ4n) is 2.68. The molecule has 0 unspecified atom stereocenters. The van der Waals surface area contributed by atoms with Crippen LogP contribution in [0.2, 0.25) is 0 Å². The van der Waals surface area contributed by atoms with Gasteiger partial charge in [-0.3, -0.25) is 19.7 Å². The van der Waals surface area contributed by atoms with Crippen LogP contribution in [0.4, 0.5) is 10.1 Å². The summed E-state index contributed by atoms with van der Waals surface area (Å²) < 4.78 is 18.4. The Hall–Kier alpha value is -3.87. The van der Waals surface area contributed by atoms with Gasteiger partial charge in [0.25, 0.3) is 5.69 Å². The number of Topliss-reactive ketones (excluding diaryl/α,β-unsaturated/α-hetero) is 1. The highest BCUT2D eigenvalue weighted by Crippen LogP contribution is 2.20. The third kappa shape index (κ3) is 4.70. The summed E-state index contributed by atoms with van der Waals surface area (Å²) in [6.45, 7) is 1.29. The van der Waals surface area contributed by atoms with Crippen molar-refractivity contribution in [3.05, 3.63) is 105 Å². The van der Waals surface area contributed by atoms with E-state index in [9.17, 15) is 24.1 Å². The molecule has 0 aromatic heterocycles. The molecular weight excluding hydrogens is 377 g/mol.